The van der Waals surface area contributed by atoms with E-state index in [1.54, 1.807) is 60.5 Å². The summed E-state index contributed by atoms with van der Waals surface area (Å²) in [5.74, 6) is -0.589. The Morgan fingerprint density at radius 2 is 1.88 bits per heavy atom. The van der Waals surface area contributed by atoms with Crippen molar-refractivity contribution in [3.63, 3.8) is 0 Å². The molecule has 134 valence electrons. The van der Waals surface area contributed by atoms with Crippen molar-refractivity contribution in [2.45, 2.75) is 13.3 Å². The van der Waals surface area contributed by atoms with Gasteiger partial charge in [0.15, 0.2) is 5.78 Å². The molecule has 1 aliphatic heterocycles. The Balaban J connectivity index is 1.74. The number of methoxy groups -OCH3 is 1. The highest BCUT2D eigenvalue weighted by molar-refractivity contribution is 6.01. The van der Waals surface area contributed by atoms with Gasteiger partial charge >= 0.3 is 5.97 Å². The van der Waals surface area contributed by atoms with Crippen LogP contribution in [-0.4, -0.2) is 31.3 Å². The van der Waals surface area contributed by atoms with Crippen LogP contribution in [0.25, 0.3) is 0 Å². The molecule has 1 saturated heterocycles. The van der Waals surface area contributed by atoms with Gasteiger partial charge in [0.25, 0.3) is 0 Å². The predicted molar refractivity (Wildman–Crippen MR) is 95.5 cm³/mol. The normalized spacial score (nSPS) is 16.5. The summed E-state index contributed by atoms with van der Waals surface area (Å²) in [5, 5.41) is 0. The zero-order chi connectivity index (χ0) is 18.7. The van der Waals surface area contributed by atoms with E-state index in [4.69, 9.17) is 9.47 Å². The number of esters is 1. The highest BCUT2D eigenvalue weighted by atomic mass is 16.5. The van der Waals surface area contributed by atoms with Gasteiger partial charge in [-0.15, -0.1) is 0 Å². The second kappa shape index (κ2) is 7.39. The molecule has 1 heterocycles. The van der Waals surface area contributed by atoms with Gasteiger partial charge in [-0.3, -0.25) is 14.4 Å². The van der Waals surface area contributed by atoms with Crippen LogP contribution in [0.1, 0.15) is 23.7 Å². The third-order valence-corrected chi connectivity index (χ3v) is 4.30. The first-order chi connectivity index (χ1) is 12.5. The molecule has 6 heteroatoms. The Bertz CT molecular complexity index is 861. The first kappa shape index (κ1) is 17.7. The van der Waals surface area contributed by atoms with Gasteiger partial charge in [0, 0.05) is 24.7 Å². The maximum absolute atomic E-state index is 12.5. The van der Waals surface area contributed by atoms with E-state index in [9.17, 15) is 14.4 Å². The van der Waals surface area contributed by atoms with Crippen molar-refractivity contribution in [3.05, 3.63) is 54.1 Å². The minimum Gasteiger partial charge on any atom is -0.497 e. The highest BCUT2D eigenvalue weighted by Crippen LogP contribution is 2.29. The molecule has 0 radical (unpaired) electrons. The molecule has 0 spiro atoms. The molecule has 1 amide bonds. The van der Waals surface area contributed by atoms with E-state index in [1.165, 1.54) is 6.92 Å². The van der Waals surface area contributed by atoms with E-state index in [0.717, 1.165) is 0 Å². The van der Waals surface area contributed by atoms with Crippen LogP contribution in [0.4, 0.5) is 5.69 Å². The molecule has 1 fully saturated rings. The van der Waals surface area contributed by atoms with Crippen molar-refractivity contribution in [1.82, 2.24) is 0 Å². The molecule has 2 aromatic rings. The molecule has 0 saturated carbocycles. The van der Waals surface area contributed by atoms with E-state index in [-0.39, 0.29) is 30.4 Å². The number of nitrogens with zero attached hydrogens (tertiary/aromatic N) is 1. The van der Waals surface area contributed by atoms with Crippen LogP contribution in [0.3, 0.4) is 0 Å². The minimum absolute atomic E-state index is 0.0677. The van der Waals surface area contributed by atoms with Gasteiger partial charge in [-0.25, -0.2) is 0 Å². The summed E-state index contributed by atoms with van der Waals surface area (Å²) in [6, 6.07) is 13.7. The van der Waals surface area contributed by atoms with Gasteiger partial charge in [-0.1, -0.05) is 18.2 Å². The van der Waals surface area contributed by atoms with Gasteiger partial charge < -0.3 is 14.4 Å². The fraction of sp³-hybridized carbons (Fsp3) is 0.250. The van der Waals surface area contributed by atoms with Crippen LogP contribution < -0.4 is 14.4 Å². The number of amides is 1. The maximum Gasteiger partial charge on any atom is 0.316 e. The molecule has 0 bridgehead atoms. The summed E-state index contributed by atoms with van der Waals surface area (Å²) >= 11 is 0. The Kier molecular flexibility index (Phi) is 5.02. The van der Waals surface area contributed by atoms with Gasteiger partial charge in [0.1, 0.15) is 11.5 Å². The van der Waals surface area contributed by atoms with E-state index >= 15 is 0 Å². The smallest absolute Gasteiger partial charge is 0.316 e. The van der Waals surface area contributed by atoms with Crippen LogP contribution in [0.15, 0.2) is 48.5 Å². The largest absolute Gasteiger partial charge is 0.497 e. The van der Waals surface area contributed by atoms with Crippen molar-refractivity contribution >= 4 is 23.3 Å². The standard InChI is InChI=1S/C20H19NO5/c1-13(22)17-8-3-4-9-18(17)26-20(24)14-10-19(23)21(12-14)15-6-5-7-16(11-15)25-2/h3-9,11,14H,10,12H2,1-2H3/t14-/m1/s1. The van der Waals surface area contributed by atoms with Crippen LogP contribution in [0.2, 0.25) is 0 Å². The third kappa shape index (κ3) is 3.59. The number of hydrogen-bond acceptors (Lipinski definition) is 5. The summed E-state index contributed by atoms with van der Waals surface area (Å²) in [7, 11) is 1.55. The van der Waals surface area contributed by atoms with Crippen molar-refractivity contribution in [2.24, 2.45) is 5.92 Å². The maximum atomic E-state index is 12.5. The highest BCUT2D eigenvalue weighted by Gasteiger charge is 2.36. The van der Waals surface area contributed by atoms with Gasteiger partial charge in [0.2, 0.25) is 5.91 Å². The number of ketones is 1. The molecule has 0 aromatic heterocycles. The second-order valence-electron chi connectivity index (χ2n) is 6.08. The number of carbonyl (C=O) groups is 3. The van der Waals surface area contributed by atoms with Crippen LogP contribution in [0, 0.1) is 5.92 Å². The number of rotatable bonds is 5. The second-order valence-corrected chi connectivity index (χ2v) is 6.08. The lowest BCUT2D eigenvalue weighted by Crippen LogP contribution is -2.27. The topological polar surface area (TPSA) is 72.9 Å². The molecule has 0 aliphatic carbocycles. The zero-order valence-corrected chi connectivity index (χ0v) is 14.6. The van der Waals surface area contributed by atoms with Crippen molar-refractivity contribution in [1.29, 1.82) is 0 Å². The number of carbonyl (C=O) groups excluding carboxylic acids is 3. The van der Waals surface area contributed by atoms with Crippen molar-refractivity contribution < 1.29 is 23.9 Å². The van der Waals surface area contributed by atoms with Gasteiger partial charge in [-0.2, -0.15) is 0 Å². The van der Waals surface area contributed by atoms with Gasteiger partial charge in [0.05, 0.1) is 18.6 Å². The Morgan fingerprint density at radius 3 is 2.62 bits per heavy atom. The molecular formula is C20H19NO5. The summed E-state index contributed by atoms with van der Waals surface area (Å²) in [6.45, 7) is 1.64. The SMILES string of the molecule is COc1cccc(N2C[C@H](C(=O)Oc3ccccc3C(C)=O)CC2=O)c1. The lowest BCUT2D eigenvalue weighted by molar-refractivity contribution is -0.139. The molecule has 26 heavy (non-hydrogen) atoms. The molecule has 1 aliphatic rings. The number of para-hydroxylation sites is 1. The first-order valence-corrected chi connectivity index (χ1v) is 8.25. The number of anilines is 1. The van der Waals surface area contributed by atoms with Crippen LogP contribution in [-0.2, 0) is 9.59 Å². The average Bonchev–Trinajstić information content (AvgIpc) is 3.04. The summed E-state index contributed by atoms with van der Waals surface area (Å²) in [5.41, 5.74) is 1.02. The molecule has 1 atom stereocenters. The number of benzene rings is 2. The molecule has 3 rings (SSSR count). The molecule has 0 N–H and O–H groups in total. The monoisotopic (exact) mass is 353 g/mol. The van der Waals surface area contributed by atoms with Crippen LogP contribution in [0.5, 0.6) is 11.5 Å². The third-order valence-electron chi connectivity index (χ3n) is 4.30. The lowest BCUT2D eigenvalue weighted by Gasteiger charge is -2.17. The molecule has 0 unspecified atom stereocenters. The fourth-order valence-electron chi connectivity index (χ4n) is 2.93. The van der Waals surface area contributed by atoms with Crippen molar-refractivity contribution in [2.75, 3.05) is 18.6 Å². The number of Topliss-reactive ketones (excluding diaryl/α,β-unsaturated/α-hetero) is 1. The first-order valence-electron chi connectivity index (χ1n) is 8.25. The Hall–Kier alpha value is -3.15. The van der Waals surface area contributed by atoms with Crippen molar-refractivity contribution in [3.8, 4) is 11.5 Å². The Labute approximate surface area is 151 Å². The molecular weight excluding hydrogens is 334 g/mol. The van der Waals surface area contributed by atoms with E-state index in [0.29, 0.717) is 17.0 Å². The van der Waals surface area contributed by atoms with E-state index < -0.39 is 11.9 Å². The summed E-state index contributed by atoms with van der Waals surface area (Å²) < 4.78 is 10.6. The minimum atomic E-state index is -0.589. The Morgan fingerprint density at radius 1 is 1.12 bits per heavy atom. The molecule has 6 nitrogen and oxygen atoms in total. The zero-order valence-electron chi connectivity index (χ0n) is 14.6. The lowest BCUT2D eigenvalue weighted by atomic mass is 10.1. The number of hydrogen-bond donors (Lipinski definition) is 0. The average molecular weight is 353 g/mol. The van der Waals surface area contributed by atoms with Gasteiger partial charge in [-0.05, 0) is 31.2 Å². The summed E-state index contributed by atoms with van der Waals surface area (Å²) in [4.78, 5) is 38.0. The summed E-state index contributed by atoms with van der Waals surface area (Å²) in [6.07, 6.45) is 0.0677. The number of ether oxygens (including phenoxy) is 2. The van der Waals surface area contributed by atoms with Crippen LogP contribution >= 0.6 is 0 Å². The quantitative estimate of drug-likeness (QED) is 0.469. The molecule has 2 aromatic carbocycles. The fourth-order valence-corrected chi connectivity index (χ4v) is 2.93. The predicted octanol–water partition coefficient (Wildman–Crippen LogP) is 2.86. The van der Waals surface area contributed by atoms with E-state index in [2.05, 4.69) is 0 Å². The van der Waals surface area contributed by atoms with E-state index in [1.807, 2.05) is 0 Å².